The predicted octanol–water partition coefficient (Wildman–Crippen LogP) is 2.47. The molecule has 0 radical (unpaired) electrons. The first-order valence-corrected chi connectivity index (χ1v) is 6.81. The molecule has 3 rings (SSSR count). The van der Waals surface area contributed by atoms with Gasteiger partial charge in [0.15, 0.2) is 6.73 Å². The van der Waals surface area contributed by atoms with Gasteiger partial charge in [0.1, 0.15) is 11.4 Å². The number of rotatable bonds is 5. The first-order valence-electron chi connectivity index (χ1n) is 6.43. The Morgan fingerprint density at radius 2 is 2.10 bits per heavy atom. The van der Waals surface area contributed by atoms with Crippen molar-refractivity contribution in [3.05, 3.63) is 47.2 Å². The van der Waals surface area contributed by atoms with E-state index in [4.69, 9.17) is 16.3 Å². The summed E-state index contributed by atoms with van der Waals surface area (Å²) >= 11 is 5.81. The van der Waals surface area contributed by atoms with Gasteiger partial charge in [-0.25, -0.2) is 4.68 Å². The molecule has 1 aliphatic carbocycles. The van der Waals surface area contributed by atoms with Crippen LogP contribution in [0.5, 0.6) is 5.75 Å². The van der Waals surface area contributed by atoms with E-state index in [0.717, 1.165) is 12.8 Å². The molecular weight excluding hydrogens is 278 g/mol. The molecule has 1 aromatic carbocycles. The van der Waals surface area contributed by atoms with Gasteiger partial charge in [-0.05, 0) is 43.2 Å². The molecule has 1 saturated carbocycles. The zero-order valence-corrected chi connectivity index (χ0v) is 11.5. The van der Waals surface area contributed by atoms with Gasteiger partial charge in [0.05, 0.1) is 0 Å². The quantitative estimate of drug-likeness (QED) is 0.921. The maximum atomic E-state index is 12.0. The van der Waals surface area contributed by atoms with Gasteiger partial charge in [-0.3, -0.25) is 4.79 Å². The van der Waals surface area contributed by atoms with Crippen LogP contribution < -0.4 is 10.1 Å². The lowest BCUT2D eigenvalue weighted by Gasteiger charge is -2.09. The van der Waals surface area contributed by atoms with Crippen molar-refractivity contribution in [1.29, 1.82) is 0 Å². The number of carbonyl (C=O) groups is 1. The summed E-state index contributed by atoms with van der Waals surface area (Å²) in [5.41, 5.74) is 0.505. The Morgan fingerprint density at radius 3 is 2.80 bits per heavy atom. The summed E-state index contributed by atoms with van der Waals surface area (Å²) in [5, 5.41) is 7.69. The van der Waals surface area contributed by atoms with Gasteiger partial charge in [0.2, 0.25) is 0 Å². The molecule has 0 bridgehead atoms. The lowest BCUT2D eigenvalue weighted by atomic mass is 10.3. The minimum Gasteiger partial charge on any atom is -0.471 e. The van der Waals surface area contributed by atoms with Crippen LogP contribution in [0.3, 0.4) is 0 Å². The summed E-state index contributed by atoms with van der Waals surface area (Å²) in [7, 11) is 0. The molecule has 0 saturated heterocycles. The molecule has 104 valence electrons. The van der Waals surface area contributed by atoms with Gasteiger partial charge < -0.3 is 10.1 Å². The Bertz CT molecular complexity index is 605. The molecular formula is C14H14ClN3O2. The Labute approximate surface area is 121 Å². The number of hydrogen-bond acceptors (Lipinski definition) is 3. The first kappa shape index (κ1) is 13.0. The molecule has 1 amide bonds. The number of benzene rings is 1. The lowest BCUT2D eigenvalue weighted by molar-refractivity contribution is 0.0929. The molecule has 5 nitrogen and oxygen atoms in total. The number of nitrogens with zero attached hydrogens (tertiary/aromatic N) is 2. The van der Waals surface area contributed by atoms with Crippen molar-refractivity contribution in [3.63, 3.8) is 0 Å². The molecule has 1 aliphatic rings. The smallest absolute Gasteiger partial charge is 0.269 e. The number of halogens is 1. The van der Waals surface area contributed by atoms with Crippen LogP contribution in [0.15, 0.2) is 36.5 Å². The van der Waals surface area contributed by atoms with Crippen molar-refractivity contribution in [1.82, 2.24) is 15.1 Å². The molecule has 1 fully saturated rings. The van der Waals surface area contributed by atoms with Crippen molar-refractivity contribution in [2.75, 3.05) is 0 Å². The number of ether oxygens (including phenoxy) is 1. The van der Waals surface area contributed by atoms with Crippen LogP contribution in [0, 0.1) is 0 Å². The molecule has 6 heteroatoms. The SMILES string of the molecule is O=C(NC1CC1)c1ccnn1COc1ccc(Cl)cc1. The van der Waals surface area contributed by atoms with E-state index in [0.29, 0.717) is 22.5 Å². The fraction of sp³-hybridized carbons (Fsp3) is 0.286. The van der Waals surface area contributed by atoms with E-state index < -0.39 is 0 Å². The van der Waals surface area contributed by atoms with Crippen LogP contribution in [0.4, 0.5) is 0 Å². The molecule has 0 atom stereocenters. The third kappa shape index (κ3) is 3.11. The molecule has 1 N–H and O–H groups in total. The van der Waals surface area contributed by atoms with Crippen molar-refractivity contribution in [2.45, 2.75) is 25.6 Å². The van der Waals surface area contributed by atoms with E-state index in [9.17, 15) is 4.79 Å². The highest BCUT2D eigenvalue weighted by atomic mass is 35.5. The van der Waals surface area contributed by atoms with Crippen molar-refractivity contribution >= 4 is 17.5 Å². The summed E-state index contributed by atoms with van der Waals surface area (Å²) in [4.78, 5) is 12.0. The average molecular weight is 292 g/mol. The second-order valence-corrected chi connectivity index (χ2v) is 5.13. The Balaban J connectivity index is 1.63. The van der Waals surface area contributed by atoms with Gasteiger partial charge >= 0.3 is 0 Å². The Morgan fingerprint density at radius 1 is 1.35 bits per heavy atom. The summed E-state index contributed by atoms with van der Waals surface area (Å²) in [5.74, 6) is 0.572. The van der Waals surface area contributed by atoms with Gasteiger partial charge in [0, 0.05) is 17.3 Å². The zero-order valence-electron chi connectivity index (χ0n) is 10.8. The number of amides is 1. The number of nitrogens with one attached hydrogen (secondary N) is 1. The Hall–Kier alpha value is -2.01. The van der Waals surface area contributed by atoms with E-state index in [1.165, 1.54) is 4.68 Å². The van der Waals surface area contributed by atoms with E-state index in [2.05, 4.69) is 10.4 Å². The molecule has 1 heterocycles. The summed E-state index contributed by atoms with van der Waals surface area (Å²) in [6.45, 7) is 0.183. The normalized spacial score (nSPS) is 14.1. The highest BCUT2D eigenvalue weighted by Crippen LogP contribution is 2.19. The zero-order chi connectivity index (χ0) is 13.9. The van der Waals surface area contributed by atoms with E-state index >= 15 is 0 Å². The van der Waals surface area contributed by atoms with Crippen molar-refractivity contribution in [3.8, 4) is 5.75 Å². The third-order valence-corrected chi connectivity index (χ3v) is 3.28. The van der Waals surface area contributed by atoms with Crippen LogP contribution in [0.1, 0.15) is 23.3 Å². The highest BCUT2D eigenvalue weighted by Gasteiger charge is 2.25. The fourth-order valence-corrected chi connectivity index (χ4v) is 1.91. The maximum absolute atomic E-state index is 12.0. The summed E-state index contributed by atoms with van der Waals surface area (Å²) in [6.07, 6.45) is 3.70. The minimum atomic E-state index is -0.107. The fourth-order valence-electron chi connectivity index (χ4n) is 1.78. The molecule has 0 aliphatic heterocycles. The van der Waals surface area contributed by atoms with Crippen molar-refractivity contribution < 1.29 is 9.53 Å². The average Bonchev–Trinajstić information content (AvgIpc) is 3.13. The standard InChI is InChI=1S/C14H14ClN3O2/c15-10-1-5-12(6-2-10)20-9-18-13(7-8-16-18)14(19)17-11-3-4-11/h1-2,5-8,11H,3-4,9H2,(H,17,19). The third-order valence-electron chi connectivity index (χ3n) is 3.03. The van der Waals surface area contributed by atoms with Crippen LogP contribution in [0.25, 0.3) is 0 Å². The topological polar surface area (TPSA) is 56.2 Å². The van der Waals surface area contributed by atoms with E-state index in [1.54, 1.807) is 36.5 Å². The second-order valence-electron chi connectivity index (χ2n) is 4.69. The van der Waals surface area contributed by atoms with Crippen LogP contribution in [0.2, 0.25) is 5.02 Å². The second kappa shape index (κ2) is 5.54. The highest BCUT2D eigenvalue weighted by molar-refractivity contribution is 6.30. The van der Waals surface area contributed by atoms with Crippen LogP contribution in [-0.2, 0) is 6.73 Å². The molecule has 0 spiro atoms. The van der Waals surface area contributed by atoms with Gasteiger partial charge in [0.25, 0.3) is 5.91 Å². The molecule has 1 aromatic heterocycles. The van der Waals surface area contributed by atoms with Crippen LogP contribution in [-0.4, -0.2) is 21.7 Å². The van der Waals surface area contributed by atoms with Crippen LogP contribution >= 0.6 is 11.6 Å². The Kier molecular flexibility index (Phi) is 3.60. The van der Waals surface area contributed by atoms with E-state index in [1.807, 2.05) is 0 Å². The lowest BCUT2D eigenvalue weighted by Crippen LogP contribution is -2.28. The van der Waals surface area contributed by atoms with Gasteiger partial charge in [-0.15, -0.1) is 0 Å². The summed E-state index contributed by atoms with van der Waals surface area (Å²) < 4.78 is 7.11. The molecule has 20 heavy (non-hydrogen) atoms. The molecule has 0 unspecified atom stereocenters. The largest absolute Gasteiger partial charge is 0.471 e. The van der Waals surface area contributed by atoms with Gasteiger partial charge in [-0.1, -0.05) is 11.6 Å². The number of aromatic nitrogens is 2. The monoisotopic (exact) mass is 291 g/mol. The van der Waals surface area contributed by atoms with Crippen molar-refractivity contribution in [2.24, 2.45) is 0 Å². The maximum Gasteiger partial charge on any atom is 0.269 e. The number of hydrogen-bond donors (Lipinski definition) is 1. The van der Waals surface area contributed by atoms with E-state index in [-0.39, 0.29) is 12.6 Å². The number of carbonyl (C=O) groups excluding carboxylic acids is 1. The van der Waals surface area contributed by atoms with Gasteiger partial charge in [-0.2, -0.15) is 5.10 Å². The predicted molar refractivity (Wildman–Crippen MR) is 74.8 cm³/mol. The summed E-state index contributed by atoms with van der Waals surface area (Å²) in [6, 6.07) is 9.05. The minimum absolute atomic E-state index is 0.107. The first-order chi connectivity index (χ1) is 9.72. The molecule has 2 aromatic rings.